The number of ether oxygens (including phenoxy) is 1. The summed E-state index contributed by atoms with van der Waals surface area (Å²) < 4.78 is 5.77. The van der Waals surface area contributed by atoms with E-state index in [0.717, 1.165) is 44.7 Å². The van der Waals surface area contributed by atoms with Crippen molar-refractivity contribution >= 4 is 10.9 Å². The molecule has 102 valence electrons. The molecule has 1 aromatic heterocycles. The highest BCUT2D eigenvalue weighted by atomic mass is 16.5. The van der Waals surface area contributed by atoms with Gasteiger partial charge < -0.3 is 15.0 Å². The van der Waals surface area contributed by atoms with Gasteiger partial charge in [-0.05, 0) is 56.5 Å². The van der Waals surface area contributed by atoms with E-state index in [1.165, 1.54) is 28.5 Å². The van der Waals surface area contributed by atoms with Crippen LogP contribution in [0.3, 0.4) is 0 Å². The highest BCUT2D eigenvalue weighted by Gasteiger charge is 2.16. The molecule has 2 aromatic rings. The van der Waals surface area contributed by atoms with Gasteiger partial charge in [-0.1, -0.05) is 6.92 Å². The molecule has 3 heteroatoms. The zero-order valence-corrected chi connectivity index (χ0v) is 11.6. The number of aromatic amines is 1. The molecule has 0 spiro atoms. The van der Waals surface area contributed by atoms with Gasteiger partial charge in [0.05, 0.1) is 6.61 Å². The van der Waals surface area contributed by atoms with Crippen LogP contribution in [0.1, 0.15) is 30.9 Å². The van der Waals surface area contributed by atoms with Crippen molar-refractivity contribution in [3.63, 3.8) is 0 Å². The van der Waals surface area contributed by atoms with E-state index in [-0.39, 0.29) is 0 Å². The van der Waals surface area contributed by atoms with E-state index in [1.54, 1.807) is 0 Å². The maximum atomic E-state index is 5.77. The van der Waals surface area contributed by atoms with Crippen LogP contribution in [-0.2, 0) is 12.8 Å². The van der Waals surface area contributed by atoms with Gasteiger partial charge in [0.25, 0.3) is 0 Å². The van der Waals surface area contributed by atoms with Crippen LogP contribution < -0.4 is 10.1 Å². The first-order valence-corrected chi connectivity index (χ1v) is 7.35. The first-order chi connectivity index (χ1) is 9.40. The lowest BCUT2D eigenvalue weighted by atomic mass is 9.98. The Morgan fingerprint density at radius 1 is 1.32 bits per heavy atom. The molecule has 0 saturated heterocycles. The summed E-state index contributed by atoms with van der Waals surface area (Å²) in [7, 11) is 0. The van der Waals surface area contributed by atoms with Gasteiger partial charge in [0.1, 0.15) is 5.75 Å². The molecule has 2 heterocycles. The minimum Gasteiger partial charge on any atom is -0.493 e. The third-order valence-electron chi connectivity index (χ3n) is 3.82. The third kappa shape index (κ3) is 2.47. The predicted molar refractivity (Wildman–Crippen MR) is 79.0 cm³/mol. The Morgan fingerprint density at radius 3 is 3.16 bits per heavy atom. The monoisotopic (exact) mass is 258 g/mol. The van der Waals surface area contributed by atoms with E-state index in [9.17, 15) is 0 Å². The highest BCUT2D eigenvalue weighted by molar-refractivity contribution is 5.89. The molecule has 3 nitrogen and oxygen atoms in total. The number of hydrogen-bond acceptors (Lipinski definition) is 2. The lowest BCUT2D eigenvalue weighted by Crippen LogP contribution is -2.17. The summed E-state index contributed by atoms with van der Waals surface area (Å²) in [6.45, 7) is 5.21. The summed E-state index contributed by atoms with van der Waals surface area (Å²) in [6, 6.07) is 4.24. The normalized spacial score (nSPS) is 14.4. The van der Waals surface area contributed by atoms with Crippen LogP contribution >= 0.6 is 0 Å². The predicted octanol–water partition coefficient (Wildman–Crippen LogP) is 3.04. The molecule has 19 heavy (non-hydrogen) atoms. The number of aryl methyl sites for hydroxylation is 1. The average Bonchev–Trinajstić information content (AvgIpc) is 2.87. The molecule has 0 aliphatic carbocycles. The van der Waals surface area contributed by atoms with E-state index >= 15 is 0 Å². The molecule has 1 aliphatic heterocycles. The summed E-state index contributed by atoms with van der Waals surface area (Å²) in [6.07, 6.45) is 6.70. The number of benzene rings is 1. The molecule has 0 bridgehead atoms. The van der Waals surface area contributed by atoms with Crippen molar-refractivity contribution in [1.82, 2.24) is 10.3 Å². The number of H-pyrrole nitrogens is 1. The van der Waals surface area contributed by atoms with Crippen LogP contribution in [0.15, 0.2) is 18.3 Å². The quantitative estimate of drug-likeness (QED) is 0.809. The van der Waals surface area contributed by atoms with Crippen molar-refractivity contribution < 1.29 is 4.74 Å². The summed E-state index contributed by atoms with van der Waals surface area (Å²) >= 11 is 0. The number of nitrogens with one attached hydrogen (secondary N) is 2. The summed E-state index contributed by atoms with van der Waals surface area (Å²) in [5.74, 6) is 1.08. The van der Waals surface area contributed by atoms with Crippen LogP contribution in [0.2, 0.25) is 0 Å². The van der Waals surface area contributed by atoms with Crippen molar-refractivity contribution in [2.75, 3.05) is 19.7 Å². The lowest BCUT2D eigenvalue weighted by Gasteiger charge is -2.18. The Morgan fingerprint density at radius 2 is 2.26 bits per heavy atom. The van der Waals surface area contributed by atoms with Gasteiger partial charge in [-0.3, -0.25) is 0 Å². The summed E-state index contributed by atoms with van der Waals surface area (Å²) in [4.78, 5) is 3.40. The van der Waals surface area contributed by atoms with E-state index in [4.69, 9.17) is 4.74 Å². The lowest BCUT2D eigenvalue weighted by molar-refractivity contribution is 0.289. The SMILES string of the molecule is CCCNCCc1c[nH]c2ccc3c(c12)CCCO3. The third-order valence-corrected chi connectivity index (χ3v) is 3.82. The first-order valence-electron chi connectivity index (χ1n) is 7.35. The smallest absolute Gasteiger partial charge is 0.123 e. The van der Waals surface area contributed by atoms with Crippen LogP contribution in [0.5, 0.6) is 5.75 Å². The summed E-state index contributed by atoms with van der Waals surface area (Å²) in [5, 5.41) is 4.87. The zero-order valence-electron chi connectivity index (χ0n) is 11.6. The number of rotatable bonds is 5. The fraction of sp³-hybridized carbons (Fsp3) is 0.500. The standard InChI is InChI=1S/C16H22N2O/c1-2-8-17-9-7-12-11-18-14-5-6-15-13(16(12)14)4-3-10-19-15/h5-6,11,17-18H,2-4,7-10H2,1H3. The fourth-order valence-corrected chi connectivity index (χ4v) is 2.89. The van der Waals surface area contributed by atoms with Crippen molar-refractivity contribution in [2.45, 2.75) is 32.6 Å². The van der Waals surface area contributed by atoms with Crippen LogP contribution in [0.4, 0.5) is 0 Å². The Bertz CT molecular complexity index is 559. The Balaban J connectivity index is 1.88. The van der Waals surface area contributed by atoms with E-state index in [1.807, 2.05) is 0 Å². The highest BCUT2D eigenvalue weighted by Crippen LogP contribution is 2.33. The van der Waals surface area contributed by atoms with Crippen molar-refractivity contribution in [1.29, 1.82) is 0 Å². The molecule has 0 saturated carbocycles. The molecule has 0 radical (unpaired) electrons. The molecule has 0 amide bonds. The molecule has 1 aliphatic rings. The Hall–Kier alpha value is -1.48. The van der Waals surface area contributed by atoms with Gasteiger partial charge in [-0.15, -0.1) is 0 Å². The maximum absolute atomic E-state index is 5.77. The van der Waals surface area contributed by atoms with E-state index < -0.39 is 0 Å². The van der Waals surface area contributed by atoms with E-state index in [2.05, 4.69) is 35.6 Å². The van der Waals surface area contributed by atoms with Gasteiger partial charge in [0, 0.05) is 22.7 Å². The van der Waals surface area contributed by atoms with Crippen LogP contribution in [0.25, 0.3) is 10.9 Å². The van der Waals surface area contributed by atoms with Crippen molar-refractivity contribution in [3.05, 3.63) is 29.5 Å². The van der Waals surface area contributed by atoms with Crippen LogP contribution in [-0.4, -0.2) is 24.7 Å². The minimum atomic E-state index is 0.857. The van der Waals surface area contributed by atoms with Crippen molar-refractivity contribution in [2.24, 2.45) is 0 Å². The fourth-order valence-electron chi connectivity index (χ4n) is 2.89. The number of fused-ring (bicyclic) bond motifs is 3. The zero-order chi connectivity index (χ0) is 13.1. The molecule has 3 rings (SSSR count). The van der Waals surface area contributed by atoms with Gasteiger partial charge in [0.15, 0.2) is 0 Å². The molecule has 0 atom stereocenters. The second kappa shape index (κ2) is 5.66. The van der Waals surface area contributed by atoms with Gasteiger partial charge in [-0.2, -0.15) is 0 Å². The van der Waals surface area contributed by atoms with Crippen molar-refractivity contribution in [3.8, 4) is 5.75 Å². The maximum Gasteiger partial charge on any atom is 0.123 e. The molecular weight excluding hydrogens is 236 g/mol. The molecule has 2 N–H and O–H groups in total. The largest absolute Gasteiger partial charge is 0.493 e. The second-order valence-corrected chi connectivity index (χ2v) is 5.23. The number of hydrogen-bond donors (Lipinski definition) is 2. The van der Waals surface area contributed by atoms with Crippen LogP contribution in [0, 0.1) is 0 Å². The average molecular weight is 258 g/mol. The van der Waals surface area contributed by atoms with Gasteiger partial charge in [0.2, 0.25) is 0 Å². The first kappa shape index (κ1) is 12.5. The van der Waals surface area contributed by atoms with Gasteiger partial charge >= 0.3 is 0 Å². The topological polar surface area (TPSA) is 37.0 Å². The molecule has 0 fully saturated rings. The van der Waals surface area contributed by atoms with E-state index in [0.29, 0.717) is 0 Å². The Kier molecular flexibility index (Phi) is 3.74. The Labute approximate surface area is 114 Å². The molecular formula is C16H22N2O. The minimum absolute atomic E-state index is 0.857. The molecule has 1 aromatic carbocycles. The number of aromatic nitrogens is 1. The van der Waals surface area contributed by atoms with Gasteiger partial charge in [-0.25, -0.2) is 0 Å². The second-order valence-electron chi connectivity index (χ2n) is 5.23. The summed E-state index contributed by atoms with van der Waals surface area (Å²) in [5.41, 5.74) is 4.06. The molecule has 0 unspecified atom stereocenters.